The third-order valence-electron chi connectivity index (χ3n) is 5.07. The van der Waals surface area contributed by atoms with Crippen LogP contribution in [0, 0.1) is 5.82 Å². The molecule has 0 unspecified atom stereocenters. The summed E-state index contributed by atoms with van der Waals surface area (Å²) in [5.41, 5.74) is 0.578. The third-order valence-corrected chi connectivity index (χ3v) is 5.07. The second kappa shape index (κ2) is 9.45. The fourth-order valence-corrected chi connectivity index (χ4v) is 3.80. The molecule has 0 aliphatic carbocycles. The van der Waals surface area contributed by atoms with Crippen molar-refractivity contribution in [2.75, 3.05) is 57.7 Å². The molecule has 2 atom stereocenters. The van der Waals surface area contributed by atoms with E-state index in [0.717, 1.165) is 13.1 Å². The second-order valence-corrected chi connectivity index (χ2v) is 7.66. The SMILES string of the molecule is C[C@@H]1CN(CC(=O)N2CCN(CC(=O)Nc3ccc(F)cc3)CC2)C[C@@H](C)O1. The van der Waals surface area contributed by atoms with Crippen LogP contribution < -0.4 is 5.32 Å². The lowest BCUT2D eigenvalue weighted by molar-refractivity contribution is -0.137. The summed E-state index contributed by atoms with van der Waals surface area (Å²) >= 11 is 0. The van der Waals surface area contributed by atoms with E-state index in [9.17, 15) is 14.0 Å². The minimum atomic E-state index is -0.334. The Morgan fingerprint density at radius 3 is 2.21 bits per heavy atom. The van der Waals surface area contributed by atoms with Gasteiger partial charge in [-0.2, -0.15) is 0 Å². The van der Waals surface area contributed by atoms with Gasteiger partial charge in [0.05, 0.1) is 25.3 Å². The van der Waals surface area contributed by atoms with Crippen molar-refractivity contribution in [2.45, 2.75) is 26.1 Å². The standard InChI is InChI=1S/C20H29FN4O3/c1-15-11-24(12-16(2)28-15)14-20(27)25-9-7-23(8-10-25)13-19(26)22-18-5-3-17(21)4-6-18/h3-6,15-16H,7-14H2,1-2H3,(H,22,26)/t15-,16-/m1/s1. The van der Waals surface area contributed by atoms with Crippen LogP contribution in [0.4, 0.5) is 10.1 Å². The van der Waals surface area contributed by atoms with Crippen LogP contribution in [0.2, 0.25) is 0 Å². The summed E-state index contributed by atoms with van der Waals surface area (Å²) in [4.78, 5) is 30.8. The number of carbonyl (C=O) groups excluding carboxylic acids is 2. The summed E-state index contributed by atoms with van der Waals surface area (Å²) in [6.45, 7) is 8.87. The van der Waals surface area contributed by atoms with Crippen molar-refractivity contribution in [3.05, 3.63) is 30.1 Å². The van der Waals surface area contributed by atoms with E-state index in [1.807, 2.05) is 23.6 Å². The van der Waals surface area contributed by atoms with E-state index in [0.29, 0.717) is 38.4 Å². The van der Waals surface area contributed by atoms with E-state index in [1.165, 1.54) is 24.3 Å². The molecule has 0 bridgehead atoms. The van der Waals surface area contributed by atoms with Gasteiger partial charge in [-0.1, -0.05) is 0 Å². The zero-order chi connectivity index (χ0) is 20.1. The van der Waals surface area contributed by atoms with Crippen LogP contribution in [0.5, 0.6) is 0 Å². The van der Waals surface area contributed by atoms with Crippen molar-refractivity contribution in [2.24, 2.45) is 0 Å². The van der Waals surface area contributed by atoms with Gasteiger partial charge in [-0.25, -0.2) is 4.39 Å². The van der Waals surface area contributed by atoms with Crippen molar-refractivity contribution in [3.8, 4) is 0 Å². The summed E-state index contributed by atoms with van der Waals surface area (Å²) in [5, 5.41) is 2.77. The Morgan fingerprint density at radius 2 is 1.61 bits per heavy atom. The van der Waals surface area contributed by atoms with Gasteiger partial charge >= 0.3 is 0 Å². The maximum absolute atomic E-state index is 12.9. The van der Waals surface area contributed by atoms with Gasteiger partial charge in [-0.05, 0) is 38.1 Å². The van der Waals surface area contributed by atoms with Crippen LogP contribution in [0.15, 0.2) is 24.3 Å². The van der Waals surface area contributed by atoms with Crippen molar-refractivity contribution in [1.29, 1.82) is 0 Å². The number of anilines is 1. The maximum atomic E-state index is 12.9. The number of hydrogen-bond donors (Lipinski definition) is 1. The van der Waals surface area contributed by atoms with Crippen LogP contribution in [-0.2, 0) is 14.3 Å². The first-order valence-electron chi connectivity index (χ1n) is 9.82. The van der Waals surface area contributed by atoms with Gasteiger partial charge in [-0.3, -0.25) is 19.4 Å². The highest BCUT2D eigenvalue weighted by Gasteiger charge is 2.27. The molecular formula is C20H29FN4O3. The first-order valence-corrected chi connectivity index (χ1v) is 9.82. The highest BCUT2D eigenvalue weighted by Crippen LogP contribution is 2.12. The number of benzene rings is 1. The van der Waals surface area contributed by atoms with Gasteiger partial charge in [0.15, 0.2) is 0 Å². The number of ether oxygens (including phenoxy) is 1. The minimum Gasteiger partial charge on any atom is -0.373 e. The maximum Gasteiger partial charge on any atom is 0.238 e. The highest BCUT2D eigenvalue weighted by atomic mass is 19.1. The Kier molecular flexibility index (Phi) is 6.98. The normalized spacial score (nSPS) is 24.2. The number of carbonyl (C=O) groups is 2. The van der Waals surface area contributed by atoms with Crippen molar-refractivity contribution in [3.63, 3.8) is 0 Å². The molecule has 0 radical (unpaired) electrons. The molecule has 2 aliphatic heterocycles. The van der Waals surface area contributed by atoms with Crippen LogP contribution in [0.25, 0.3) is 0 Å². The van der Waals surface area contributed by atoms with E-state index in [4.69, 9.17) is 4.74 Å². The van der Waals surface area contributed by atoms with Gasteiger partial charge in [0.25, 0.3) is 0 Å². The summed E-state index contributed by atoms with van der Waals surface area (Å²) in [7, 11) is 0. The van der Waals surface area contributed by atoms with E-state index in [2.05, 4.69) is 10.2 Å². The Morgan fingerprint density at radius 1 is 1.00 bits per heavy atom. The molecule has 2 amide bonds. The molecule has 2 fully saturated rings. The summed E-state index contributed by atoms with van der Waals surface area (Å²) < 4.78 is 18.6. The fourth-order valence-electron chi connectivity index (χ4n) is 3.80. The third kappa shape index (κ3) is 5.98. The lowest BCUT2D eigenvalue weighted by Gasteiger charge is -2.38. The largest absolute Gasteiger partial charge is 0.373 e. The van der Waals surface area contributed by atoms with Crippen LogP contribution in [0.3, 0.4) is 0 Å². The van der Waals surface area contributed by atoms with Crippen LogP contribution in [0.1, 0.15) is 13.8 Å². The lowest BCUT2D eigenvalue weighted by Crippen LogP contribution is -2.54. The summed E-state index contributed by atoms with van der Waals surface area (Å²) in [5.74, 6) is -0.334. The molecule has 154 valence electrons. The smallest absolute Gasteiger partial charge is 0.238 e. The average molecular weight is 392 g/mol. The number of piperazine rings is 1. The Labute approximate surface area is 165 Å². The first-order chi connectivity index (χ1) is 13.4. The fraction of sp³-hybridized carbons (Fsp3) is 0.600. The molecule has 0 saturated carbocycles. The molecule has 3 rings (SSSR count). The van der Waals surface area contributed by atoms with Crippen LogP contribution >= 0.6 is 0 Å². The first kappa shape index (κ1) is 20.7. The quantitative estimate of drug-likeness (QED) is 0.811. The Bertz CT molecular complexity index is 667. The zero-order valence-corrected chi connectivity index (χ0v) is 16.6. The number of nitrogens with zero attached hydrogens (tertiary/aromatic N) is 3. The van der Waals surface area contributed by atoms with Gasteiger partial charge < -0.3 is 15.0 Å². The minimum absolute atomic E-state index is 0.136. The molecule has 8 heteroatoms. The van der Waals surface area contributed by atoms with E-state index < -0.39 is 0 Å². The number of halogens is 1. The molecular weight excluding hydrogens is 363 g/mol. The van der Waals surface area contributed by atoms with E-state index in [-0.39, 0.29) is 36.4 Å². The molecule has 28 heavy (non-hydrogen) atoms. The second-order valence-electron chi connectivity index (χ2n) is 7.66. The average Bonchev–Trinajstić information content (AvgIpc) is 2.63. The lowest BCUT2D eigenvalue weighted by atomic mass is 10.2. The highest BCUT2D eigenvalue weighted by molar-refractivity contribution is 5.92. The van der Waals surface area contributed by atoms with Crippen molar-refractivity contribution < 1.29 is 18.7 Å². The molecule has 1 aromatic rings. The predicted molar refractivity (Wildman–Crippen MR) is 104 cm³/mol. The zero-order valence-electron chi connectivity index (χ0n) is 16.6. The van der Waals surface area contributed by atoms with Gasteiger partial charge in [0.1, 0.15) is 5.82 Å². The molecule has 2 saturated heterocycles. The number of morpholine rings is 1. The van der Waals surface area contributed by atoms with E-state index >= 15 is 0 Å². The molecule has 2 aliphatic rings. The van der Waals surface area contributed by atoms with Crippen LogP contribution in [-0.4, -0.2) is 91.1 Å². The summed E-state index contributed by atoms with van der Waals surface area (Å²) in [6, 6.07) is 5.71. The number of nitrogens with one attached hydrogen (secondary N) is 1. The van der Waals surface area contributed by atoms with Gasteiger partial charge in [0, 0.05) is 45.0 Å². The molecule has 0 spiro atoms. The molecule has 2 heterocycles. The van der Waals surface area contributed by atoms with E-state index in [1.54, 1.807) is 0 Å². The predicted octanol–water partition coefficient (Wildman–Crippen LogP) is 1.02. The number of rotatable bonds is 5. The molecule has 1 N–H and O–H groups in total. The Balaban J connectivity index is 1.39. The number of amides is 2. The molecule has 1 aromatic carbocycles. The van der Waals surface area contributed by atoms with Crippen molar-refractivity contribution >= 4 is 17.5 Å². The van der Waals surface area contributed by atoms with Gasteiger partial charge in [0.2, 0.25) is 11.8 Å². The molecule has 7 nitrogen and oxygen atoms in total. The number of hydrogen-bond acceptors (Lipinski definition) is 5. The summed E-state index contributed by atoms with van der Waals surface area (Å²) in [6.07, 6.45) is 0.293. The topological polar surface area (TPSA) is 65.1 Å². The Hall–Kier alpha value is -2.03. The van der Waals surface area contributed by atoms with Crippen molar-refractivity contribution in [1.82, 2.24) is 14.7 Å². The monoisotopic (exact) mass is 392 g/mol. The molecule has 0 aromatic heterocycles. The van der Waals surface area contributed by atoms with Gasteiger partial charge in [-0.15, -0.1) is 0 Å².